The standard InChI is InChI=1S/C30H34Cl3N3O5S/c1-5-20(2)34-30(38)27(16-21-9-7-6-8-10-21)35(18-22-11-13-24(31)25(32)15-22)29(37)19-36(42(4,39)40)23-12-14-28(41-3)26(33)17-23/h6-15,17,20,27H,5,16,18-19H2,1-4H3,(H,34,38)/t20-,27-/m0/s1. The van der Waals surface area contributed by atoms with Crippen molar-refractivity contribution in [2.24, 2.45) is 0 Å². The summed E-state index contributed by atoms with van der Waals surface area (Å²) in [6.45, 7) is 3.22. The Morgan fingerprint density at radius 1 is 0.929 bits per heavy atom. The van der Waals surface area contributed by atoms with Crippen LogP contribution in [0.5, 0.6) is 5.75 Å². The second-order valence-electron chi connectivity index (χ2n) is 9.88. The van der Waals surface area contributed by atoms with Gasteiger partial charge in [-0.25, -0.2) is 8.42 Å². The minimum absolute atomic E-state index is 0.0257. The van der Waals surface area contributed by atoms with Crippen molar-refractivity contribution >= 4 is 62.3 Å². The van der Waals surface area contributed by atoms with E-state index in [4.69, 9.17) is 39.5 Å². The minimum atomic E-state index is -3.95. The summed E-state index contributed by atoms with van der Waals surface area (Å²) in [5.41, 5.74) is 1.62. The van der Waals surface area contributed by atoms with Crippen molar-refractivity contribution < 1.29 is 22.7 Å². The Morgan fingerprint density at radius 3 is 2.19 bits per heavy atom. The molecule has 0 heterocycles. The average molecular weight is 655 g/mol. The van der Waals surface area contributed by atoms with Crippen molar-refractivity contribution in [2.75, 3.05) is 24.2 Å². The number of methoxy groups -OCH3 is 1. The van der Waals surface area contributed by atoms with Gasteiger partial charge in [-0.3, -0.25) is 13.9 Å². The summed E-state index contributed by atoms with van der Waals surface area (Å²) in [4.78, 5) is 29.3. The first-order chi connectivity index (χ1) is 19.8. The van der Waals surface area contributed by atoms with E-state index in [9.17, 15) is 18.0 Å². The molecule has 0 aliphatic heterocycles. The van der Waals surface area contributed by atoms with Gasteiger partial charge in [-0.2, -0.15) is 0 Å². The number of hydrogen-bond donors (Lipinski definition) is 1. The number of amides is 2. The second kappa shape index (κ2) is 15.0. The van der Waals surface area contributed by atoms with Crippen LogP contribution < -0.4 is 14.4 Å². The number of anilines is 1. The van der Waals surface area contributed by atoms with Crippen LogP contribution >= 0.6 is 34.8 Å². The van der Waals surface area contributed by atoms with Gasteiger partial charge in [-0.05, 0) is 54.8 Å². The first kappa shape index (κ1) is 33.5. The zero-order valence-corrected chi connectivity index (χ0v) is 26.9. The number of sulfonamides is 1. The molecule has 226 valence electrons. The molecule has 0 aliphatic rings. The van der Waals surface area contributed by atoms with Crippen molar-refractivity contribution in [3.05, 3.63) is 92.9 Å². The Balaban J connectivity index is 2.09. The van der Waals surface area contributed by atoms with Crippen LogP contribution in [0, 0.1) is 0 Å². The number of ether oxygens (including phenoxy) is 1. The first-order valence-electron chi connectivity index (χ1n) is 13.2. The van der Waals surface area contributed by atoms with Crippen molar-refractivity contribution in [1.29, 1.82) is 0 Å². The topological polar surface area (TPSA) is 96.0 Å². The predicted molar refractivity (Wildman–Crippen MR) is 169 cm³/mol. The summed E-state index contributed by atoms with van der Waals surface area (Å²) in [5, 5.41) is 3.79. The van der Waals surface area contributed by atoms with E-state index in [1.54, 1.807) is 18.2 Å². The molecule has 0 saturated heterocycles. The molecule has 0 fully saturated rings. The third-order valence-electron chi connectivity index (χ3n) is 6.71. The van der Waals surface area contributed by atoms with E-state index in [0.29, 0.717) is 22.8 Å². The van der Waals surface area contributed by atoms with Gasteiger partial charge in [0.15, 0.2) is 0 Å². The van der Waals surface area contributed by atoms with Crippen molar-refractivity contribution in [3.63, 3.8) is 0 Å². The van der Waals surface area contributed by atoms with E-state index >= 15 is 0 Å². The molecule has 2 atom stereocenters. The number of hydrogen-bond acceptors (Lipinski definition) is 5. The normalized spacial score (nSPS) is 12.7. The number of nitrogens with one attached hydrogen (secondary N) is 1. The molecule has 3 aromatic carbocycles. The SMILES string of the molecule is CC[C@H](C)NC(=O)[C@H](Cc1ccccc1)N(Cc1ccc(Cl)c(Cl)c1)C(=O)CN(c1ccc(OC)c(Cl)c1)S(C)(=O)=O. The molecule has 3 aromatic rings. The van der Waals surface area contributed by atoms with E-state index in [2.05, 4.69) is 5.32 Å². The molecule has 0 radical (unpaired) electrons. The summed E-state index contributed by atoms with van der Waals surface area (Å²) in [7, 11) is -2.51. The highest BCUT2D eigenvalue weighted by molar-refractivity contribution is 7.92. The summed E-state index contributed by atoms with van der Waals surface area (Å²) >= 11 is 18.7. The Morgan fingerprint density at radius 2 is 1.62 bits per heavy atom. The van der Waals surface area contributed by atoms with Crippen LogP contribution in [-0.4, -0.2) is 57.1 Å². The molecular weight excluding hydrogens is 621 g/mol. The van der Waals surface area contributed by atoms with E-state index in [1.807, 2.05) is 44.2 Å². The maximum absolute atomic E-state index is 14.2. The number of carbonyl (C=O) groups excluding carboxylic acids is 2. The average Bonchev–Trinajstić information content (AvgIpc) is 2.95. The van der Waals surface area contributed by atoms with Gasteiger partial charge in [0.05, 0.1) is 34.1 Å². The van der Waals surface area contributed by atoms with Crippen LogP contribution in [0.1, 0.15) is 31.4 Å². The second-order valence-corrected chi connectivity index (χ2v) is 13.0. The molecule has 42 heavy (non-hydrogen) atoms. The maximum atomic E-state index is 14.2. The largest absolute Gasteiger partial charge is 0.495 e. The lowest BCUT2D eigenvalue weighted by Crippen LogP contribution is -2.54. The lowest BCUT2D eigenvalue weighted by Gasteiger charge is -2.34. The van der Waals surface area contributed by atoms with Crippen LogP contribution in [0.25, 0.3) is 0 Å². The molecule has 0 bridgehead atoms. The van der Waals surface area contributed by atoms with E-state index in [1.165, 1.54) is 30.2 Å². The van der Waals surface area contributed by atoms with Crippen LogP contribution in [0.15, 0.2) is 66.7 Å². The quantitative estimate of drug-likeness (QED) is 0.245. The van der Waals surface area contributed by atoms with Gasteiger partial charge < -0.3 is 15.0 Å². The number of carbonyl (C=O) groups is 2. The number of nitrogens with zero attached hydrogens (tertiary/aromatic N) is 2. The van der Waals surface area contributed by atoms with Gasteiger partial charge in [0, 0.05) is 19.0 Å². The number of rotatable bonds is 13. The number of halogens is 3. The van der Waals surface area contributed by atoms with Crippen LogP contribution in [-0.2, 0) is 32.6 Å². The smallest absolute Gasteiger partial charge is 0.244 e. The lowest BCUT2D eigenvalue weighted by molar-refractivity contribution is -0.140. The molecule has 12 heteroatoms. The molecule has 0 spiro atoms. The van der Waals surface area contributed by atoms with Gasteiger partial charge >= 0.3 is 0 Å². The highest BCUT2D eigenvalue weighted by Crippen LogP contribution is 2.31. The van der Waals surface area contributed by atoms with E-state index in [0.717, 1.165) is 16.1 Å². The summed E-state index contributed by atoms with van der Waals surface area (Å²) in [6, 6.07) is 17.5. The van der Waals surface area contributed by atoms with Crippen molar-refractivity contribution in [2.45, 2.75) is 45.3 Å². The highest BCUT2D eigenvalue weighted by Gasteiger charge is 2.33. The Hall–Kier alpha value is -2.98. The monoisotopic (exact) mass is 653 g/mol. The maximum Gasteiger partial charge on any atom is 0.244 e. The molecule has 0 saturated carbocycles. The minimum Gasteiger partial charge on any atom is -0.495 e. The highest BCUT2D eigenvalue weighted by atomic mass is 35.5. The van der Waals surface area contributed by atoms with Crippen LogP contribution in [0.2, 0.25) is 15.1 Å². The first-order valence-corrected chi connectivity index (χ1v) is 16.2. The zero-order valence-electron chi connectivity index (χ0n) is 23.8. The van der Waals surface area contributed by atoms with Crippen molar-refractivity contribution in [3.8, 4) is 5.75 Å². The fourth-order valence-corrected chi connectivity index (χ4v) is 5.67. The third kappa shape index (κ3) is 9.01. The summed E-state index contributed by atoms with van der Waals surface area (Å²) < 4.78 is 32.0. The molecule has 1 N–H and O–H groups in total. The van der Waals surface area contributed by atoms with Crippen LogP contribution in [0.3, 0.4) is 0 Å². The molecule has 0 aliphatic carbocycles. The summed E-state index contributed by atoms with van der Waals surface area (Å²) in [6.07, 6.45) is 1.88. The fraction of sp³-hybridized carbons (Fsp3) is 0.333. The molecule has 8 nitrogen and oxygen atoms in total. The van der Waals surface area contributed by atoms with Gasteiger partial charge in [-0.1, -0.05) is 78.1 Å². The van der Waals surface area contributed by atoms with E-state index < -0.39 is 28.5 Å². The molecule has 0 aromatic heterocycles. The Bertz CT molecular complexity index is 1510. The van der Waals surface area contributed by atoms with Gasteiger partial charge in [-0.15, -0.1) is 0 Å². The van der Waals surface area contributed by atoms with Crippen molar-refractivity contribution in [1.82, 2.24) is 10.2 Å². The van der Waals surface area contributed by atoms with E-state index in [-0.39, 0.29) is 40.6 Å². The van der Waals surface area contributed by atoms with Gasteiger partial charge in [0.25, 0.3) is 0 Å². The van der Waals surface area contributed by atoms with Gasteiger partial charge in [0.1, 0.15) is 18.3 Å². The molecular formula is C30H34Cl3N3O5S. The molecule has 2 amide bonds. The number of benzene rings is 3. The van der Waals surface area contributed by atoms with Crippen LogP contribution in [0.4, 0.5) is 5.69 Å². The fourth-order valence-electron chi connectivity index (χ4n) is 4.25. The lowest BCUT2D eigenvalue weighted by atomic mass is 10.0. The Kier molecular flexibility index (Phi) is 11.9. The molecule has 0 unspecified atom stereocenters. The zero-order chi connectivity index (χ0) is 31.0. The predicted octanol–water partition coefficient (Wildman–Crippen LogP) is 5.98. The van der Waals surface area contributed by atoms with Gasteiger partial charge in [0.2, 0.25) is 21.8 Å². The third-order valence-corrected chi connectivity index (χ3v) is 8.89. The summed E-state index contributed by atoms with van der Waals surface area (Å²) in [5.74, 6) is -0.607. The Labute approximate surface area is 262 Å². The molecule has 3 rings (SSSR count).